The predicted molar refractivity (Wildman–Crippen MR) is 87.3 cm³/mol. The molecule has 0 spiro atoms. The van der Waals surface area contributed by atoms with E-state index in [9.17, 15) is 0 Å². The molecule has 0 atom stereocenters. The van der Waals surface area contributed by atoms with Crippen molar-refractivity contribution in [2.45, 2.75) is 88.9 Å². The third-order valence-electron chi connectivity index (χ3n) is 6.06. The van der Waals surface area contributed by atoms with Crippen LogP contribution in [0, 0.1) is 0 Å². The molecule has 0 aromatic heterocycles. The highest BCUT2D eigenvalue weighted by atomic mass is 14.4. The van der Waals surface area contributed by atoms with Crippen LogP contribution >= 0.6 is 0 Å². The third-order valence-corrected chi connectivity index (χ3v) is 6.06. The molecule has 2 fully saturated rings. The van der Waals surface area contributed by atoms with Crippen molar-refractivity contribution in [2.24, 2.45) is 0 Å². The summed E-state index contributed by atoms with van der Waals surface area (Å²) in [6.45, 7) is 2.42. The molecule has 110 valence electrons. The molecule has 0 saturated heterocycles. The zero-order valence-electron chi connectivity index (χ0n) is 13.2. The molecule has 0 aliphatic heterocycles. The van der Waals surface area contributed by atoms with Crippen molar-refractivity contribution >= 4 is 0 Å². The summed E-state index contributed by atoms with van der Waals surface area (Å²) < 4.78 is 0. The molecule has 0 unspecified atom stereocenters. The zero-order valence-corrected chi connectivity index (χ0v) is 13.2. The van der Waals surface area contributed by atoms with Gasteiger partial charge in [-0.15, -0.1) is 0 Å². The molecule has 0 N–H and O–H groups in total. The zero-order chi connectivity index (χ0) is 13.8. The van der Waals surface area contributed by atoms with Crippen LogP contribution in [0.3, 0.4) is 0 Å². The summed E-state index contributed by atoms with van der Waals surface area (Å²) in [5.41, 5.74) is 3.96. The second kappa shape index (κ2) is 6.33. The summed E-state index contributed by atoms with van der Waals surface area (Å²) in [6, 6.07) is 9.49. The third kappa shape index (κ3) is 2.67. The summed E-state index contributed by atoms with van der Waals surface area (Å²) in [4.78, 5) is 0. The number of hydrogen-bond donors (Lipinski definition) is 0. The molecule has 20 heavy (non-hydrogen) atoms. The molecule has 2 aliphatic carbocycles. The number of hydrogen-bond acceptors (Lipinski definition) is 0. The van der Waals surface area contributed by atoms with E-state index >= 15 is 0 Å². The molecule has 0 heterocycles. The minimum atomic E-state index is 0.506. The Morgan fingerprint density at radius 2 is 1.55 bits per heavy atom. The van der Waals surface area contributed by atoms with Crippen LogP contribution in [0.2, 0.25) is 0 Å². The van der Waals surface area contributed by atoms with Crippen LogP contribution < -0.4 is 0 Å². The van der Waals surface area contributed by atoms with Crippen molar-refractivity contribution in [3.63, 3.8) is 0 Å². The smallest absolute Gasteiger partial charge is 0.00468 e. The Hall–Kier alpha value is -0.780. The number of rotatable bonds is 3. The second-order valence-electron chi connectivity index (χ2n) is 7.12. The Kier molecular flexibility index (Phi) is 4.48. The van der Waals surface area contributed by atoms with E-state index in [1.807, 2.05) is 0 Å². The summed E-state index contributed by atoms with van der Waals surface area (Å²) in [7, 11) is 0. The molecule has 1 aromatic rings. The first-order valence-corrected chi connectivity index (χ1v) is 8.95. The standard InChI is InChI=1S/C20H30/c1-2-20(15-9-4-10-16-20)19-14-8-7-13-18(19)17-11-5-3-6-12-17/h7-8,13-14,17H,2-6,9-12,15-16H2,1H3. The van der Waals surface area contributed by atoms with E-state index in [1.54, 1.807) is 11.1 Å². The maximum Gasteiger partial charge on any atom is -0.00468 e. The highest BCUT2D eigenvalue weighted by Gasteiger charge is 2.35. The van der Waals surface area contributed by atoms with Gasteiger partial charge in [-0.1, -0.05) is 69.7 Å². The predicted octanol–water partition coefficient (Wildman–Crippen LogP) is 6.35. The average molecular weight is 270 g/mol. The summed E-state index contributed by atoms with van der Waals surface area (Å²) >= 11 is 0. The Morgan fingerprint density at radius 3 is 2.25 bits per heavy atom. The monoisotopic (exact) mass is 270 g/mol. The van der Waals surface area contributed by atoms with Gasteiger partial charge in [0.2, 0.25) is 0 Å². The largest absolute Gasteiger partial charge is 0.0645 e. The van der Waals surface area contributed by atoms with Gasteiger partial charge in [0, 0.05) is 0 Å². The van der Waals surface area contributed by atoms with E-state index in [-0.39, 0.29) is 0 Å². The van der Waals surface area contributed by atoms with Gasteiger partial charge < -0.3 is 0 Å². The Morgan fingerprint density at radius 1 is 0.900 bits per heavy atom. The van der Waals surface area contributed by atoms with Crippen LogP contribution in [0.25, 0.3) is 0 Å². The summed E-state index contributed by atoms with van der Waals surface area (Å²) in [6.07, 6.45) is 15.7. The van der Waals surface area contributed by atoms with Crippen LogP contribution in [0.4, 0.5) is 0 Å². The molecular weight excluding hydrogens is 240 g/mol. The van der Waals surface area contributed by atoms with E-state index in [4.69, 9.17) is 0 Å². The molecule has 3 rings (SSSR count). The van der Waals surface area contributed by atoms with Crippen LogP contribution in [0.1, 0.15) is 94.6 Å². The van der Waals surface area contributed by atoms with Crippen molar-refractivity contribution in [1.82, 2.24) is 0 Å². The highest BCUT2D eigenvalue weighted by Crippen LogP contribution is 2.46. The Bertz CT molecular complexity index is 419. The molecule has 2 aliphatic rings. The lowest BCUT2D eigenvalue weighted by atomic mass is 9.65. The van der Waals surface area contributed by atoms with Gasteiger partial charge in [0.15, 0.2) is 0 Å². The first-order valence-electron chi connectivity index (χ1n) is 8.95. The molecule has 1 aromatic carbocycles. The van der Waals surface area contributed by atoms with Gasteiger partial charge in [-0.25, -0.2) is 0 Å². The van der Waals surface area contributed by atoms with Gasteiger partial charge in [0.1, 0.15) is 0 Å². The Balaban J connectivity index is 1.95. The SMILES string of the molecule is CCC1(c2ccccc2C2CCCCC2)CCCCC1. The molecular formula is C20H30. The fourth-order valence-corrected chi connectivity index (χ4v) is 4.79. The van der Waals surface area contributed by atoms with Crippen LogP contribution in [0.5, 0.6) is 0 Å². The maximum atomic E-state index is 2.47. The number of benzene rings is 1. The summed E-state index contributed by atoms with van der Waals surface area (Å²) in [5.74, 6) is 0.852. The molecule has 0 nitrogen and oxygen atoms in total. The van der Waals surface area contributed by atoms with Crippen LogP contribution in [-0.4, -0.2) is 0 Å². The van der Waals surface area contributed by atoms with E-state index in [2.05, 4.69) is 31.2 Å². The molecule has 0 bridgehead atoms. The van der Waals surface area contributed by atoms with Gasteiger partial charge >= 0.3 is 0 Å². The average Bonchev–Trinajstić information content (AvgIpc) is 2.56. The van der Waals surface area contributed by atoms with Crippen molar-refractivity contribution in [1.29, 1.82) is 0 Å². The molecule has 0 amide bonds. The van der Waals surface area contributed by atoms with Crippen LogP contribution in [0.15, 0.2) is 24.3 Å². The van der Waals surface area contributed by atoms with Gasteiger partial charge in [0.05, 0.1) is 0 Å². The second-order valence-corrected chi connectivity index (χ2v) is 7.12. The van der Waals surface area contributed by atoms with Crippen molar-refractivity contribution in [3.8, 4) is 0 Å². The fourth-order valence-electron chi connectivity index (χ4n) is 4.79. The first kappa shape index (κ1) is 14.2. The normalized spacial score (nSPS) is 23.6. The summed E-state index contributed by atoms with van der Waals surface area (Å²) in [5, 5.41) is 0. The van der Waals surface area contributed by atoms with E-state index in [0.29, 0.717) is 5.41 Å². The van der Waals surface area contributed by atoms with Gasteiger partial charge in [-0.2, -0.15) is 0 Å². The minimum absolute atomic E-state index is 0.506. The lowest BCUT2D eigenvalue weighted by Crippen LogP contribution is -2.30. The van der Waals surface area contributed by atoms with E-state index < -0.39 is 0 Å². The highest BCUT2D eigenvalue weighted by molar-refractivity contribution is 5.37. The first-order chi connectivity index (χ1) is 9.86. The molecule has 2 saturated carbocycles. The topological polar surface area (TPSA) is 0 Å². The maximum absolute atomic E-state index is 2.47. The molecule has 0 radical (unpaired) electrons. The van der Waals surface area contributed by atoms with Gasteiger partial charge in [0.25, 0.3) is 0 Å². The quantitative estimate of drug-likeness (QED) is 0.600. The Labute approximate surface area is 125 Å². The minimum Gasteiger partial charge on any atom is -0.0645 e. The van der Waals surface area contributed by atoms with Crippen LogP contribution in [-0.2, 0) is 5.41 Å². The van der Waals surface area contributed by atoms with Gasteiger partial charge in [-0.05, 0) is 54.6 Å². The van der Waals surface area contributed by atoms with E-state index in [1.165, 1.54) is 70.6 Å². The lowest BCUT2D eigenvalue weighted by Gasteiger charge is -2.40. The van der Waals surface area contributed by atoms with Crippen molar-refractivity contribution < 1.29 is 0 Å². The lowest BCUT2D eigenvalue weighted by molar-refractivity contribution is 0.279. The van der Waals surface area contributed by atoms with E-state index in [0.717, 1.165) is 5.92 Å². The molecule has 0 heteroatoms. The fraction of sp³-hybridized carbons (Fsp3) is 0.700. The van der Waals surface area contributed by atoms with Gasteiger partial charge in [-0.3, -0.25) is 0 Å². The van der Waals surface area contributed by atoms with Crippen molar-refractivity contribution in [3.05, 3.63) is 35.4 Å². The van der Waals surface area contributed by atoms with Crippen molar-refractivity contribution in [2.75, 3.05) is 0 Å².